The van der Waals surface area contributed by atoms with Crippen molar-refractivity contribution >= 4 is 62.6 Å². The van der Waals surface area contributed by atoms with Gasteiger partial charge in [-0.3, -0.25) is 9.29 Å². The summed E-state index contributed by atoms with van der Waals surface area (Å²) >= 11 is 3.51. The molecule has 0 radical (unpaired) electrons. The van der Waals surface area contributed by atoms with Crippen molar-refractivity contribution in [2.24, 2.45) is 0 Å². The zero-order valence-corrected chi connectivity index (χ0v) is 34.2. The lowest BCUT2D eigenvalue weighted by Gasteiger charge is -2.24. The number of hydrogen-bond donors (Lipinski definition) is 1. The topological polar surface area (TPSA) is 122 Å². The van der Waals surface area contributed by atoms with E-state index in [1.807, 2.05) is 4.72 Å². The molecule has 2 aromatic carbocycles. The maximum atomic E-state index is 16.8. The monoisotopic (exact) mass is 864 g/mol. The average molecular weight is 866 g/mol. The van der Waals surface area contributed by atoms with E-state index in [4.69, 9.17) is 14.2 Å². The molecule has 3 heterocycles. The number of ether oxygens (including phenoxy) is 3. The van der Waals surface area contributed by atoms with Crippen LogP contribution in [-0.2, 0) is 33.0 Å². The molecule has 0 aliphatic carbocycles. The van der Waals surface area contributed by atoms with Crippen LogP contribution in [0.4, 0.5) is 23.2 Å². The summed E-state index contributed by atoms with van der Waals surface area (Å²) in [7, 11) is -5.29. The van der Waals surface area contributed by atoms with Crippen LogP contribution >= 0.6 is 36.0 Å². The Morgan fingerprint density at radius 3 is 2.15 bits per heavy atom. The van der Waals surface area contributed by atoms with Crippen LogP contribution in [0.25, 0.3) is 33.5 Å². The molecular weight excluding hydrogens is 825 g/mol. The van der Waals surface area contributed by atoms with Gasteiger partial charge in [0.15, 0.2) is 22.4 Å². The zero-order chi connectivity index (χ0) is 38.9. The molecule has 5 aromatic rings. The van der Waals surface area contributed by atoms with Crippen LogP contribution in [0.15, 0.2) is 52.2 Å². The second kappa shape index (κ2) is 16.2. The van der Waals surface area contributed by atoms with Crippen molar-refractivity contribution in [3.8, 4) is 28.5 Å². The first-order chi connectivity index (χ1) is 24.8. The Morgan fingerprint density at radius 1 is 0.849 bits per heavy atom. The van der Waals surface area contributed by atoms with Crippen molar-refractivity contribution in [3.63, 3.8) is 0 Å². The number of sulfonamides is 1. The predicted molar refractivity (Wildman–Crippen MR) is 208 cm³/mol. The Morgan fingerprint density at radius 2 is 1.51 bits per heavy atom. The van der Waals surface area contributed by atoms with Crippen molar-refractivity contribution in [1.82, 2.24) is 24.3 Å². The fourth-order valence-corrected chi connectivity index (χ4v) is 7.91. The van der Waals surface area contributed by atoms with Gasteiger partial charge < -0.3 is 14.2 Å². The van der Waals surface area contributed by atoms with E-state index in [1.54, 1.807) is 10.8 Å². The summed E-state index contributed by atoms with van der Waals surface area (Å²) in [4.78, 5) is 7.39. The molecule has 290 valence electrons. The number of nitrogens with one attached hydrogen (secondary N) is 1. The Bertz CT molecular complexity index is 2240. The van der Waals surface area contributed by atoms with Crippen molar-refractivity contribution in [3.05, 3.63) is 70.6 Å². The first-order valence-corrected chi connectivity index (χ1v) is 24.2. The maximum absolute atomic E-state index is 16.8. The number of anilines is 1. The number of pyridine rings is 1. The fourth-order valence-electron chi connectivity index (χ4n) is 5.11. The molecule has 0 amide bonds. The van der Waals surface area contributed by atoms with Crippen LogP contribution < -0.4 is 9.46 Å². The normalized spacial score (nSPS) is 13.1. The number of halogens is 5. The van der Waals surface area contributed by atoms with Crippen molar-refractivity contribution in [2.75, 3.05) is 74.1 Å². The number of methoxy groups -OCH3 is 1. The number of imidazole rings is 1. The van der Waals surface area contributed by atoms with Crippen molar-refractivity contribution in [2.45, 2.75) is 18.4 Å². The molecule has 0 atom stereocenters. The number of fused-ring (bicyclic) bond motifs is 1. The van der Waals surface area contributed by atoms with E-state index in [9.17, 15) is 12.8 Å². The van der Waals surface area contributed by atoms with Gasteiger partial charge in [-0.25, -0.2) is 60.7 Å². The van der Waals surface area contributed by atoms with Crippen LogP contribution in [0.5, 0.6) is 5.88 Å². The standard InChI is InChI=1S/C34H41BrF4N6O5S3/c1-48-34-26(16-21(36)17-41-34)53(46,47)43-25-11-10-24(37)28(30(25)39)22-8-9-23-31(33-40-18-27(35)44(33)19-49-12-14-51(2,3)4)42-45(32(23)29(22)38)20-50-13-15-52(5,6)7/h8-11,16-18,43H,12-15,19-20H2,1-7H3. The van der Waals surface area contributed by atoms with E-state index < -0.39 is 80.9 Å². The average Bonchev–Trinajstić information content (AvgIpc) is 3.62. The van der Waals surface area contributed by atoms with Gasteiger partial charge in [-0.2, -0.15) is 5.10 Å². The van der Waals surface area contributed by atoms with Crippen LogP contribution in [0.1, 0.15) is 0 Å². The van der Waals surface area contributed by atoms with E-state index in [-0.39, 0.29) is 30.1 Å². The minimum Gasteiger partial charge on any atom is -0.480 e. The second-order valence-corrected chi connectivity index (χ2v) is 25.4. The van der Waals surface area contributed by atoms with Gasteiger partial charge >= 0.3 is 0 Å². The minimum atomic E-state index is -4.72. The van der Waals surface area contributed by atoms with E-state index in [0.29, 0.717) is 29.7 Å². The van der Waals surface area contributed by atoms with E-state index in [0.717, 1.165) is 36.9 Å². The molecule has 0 aliphatic heterocycles. The summed E-state index contributed by atoms with van der Waals surface area (Å²) < 4.78 is 111. The number of nitrogens with zero attached hydrogens (tertiary/aromatic N) is 5. The summed E-state index contributed by atoms with van der Waals surface area (Å²) in [6.45, 7) is 0.811. The third-order valence-electron chi connectivity index (χ3n) is 7.86. The predicted octanol–water partition coefficient (Wildman–Crippen LogP) is 7.43. The molecule has 0 fully saturated rings. The molecule has 0 unspecified atom stereocenters. The highest BCUT2D eigenvalue weighted by atomic mass is 79.9. The van der Waals surface area contributed by atoms with Crippen LogP contribution in [0.2, 0.25) is 0 Å². The summed E-state index contributed by atoms with van der Waals surface area (Å²) in [5.74, 6) is -3.07. The molecule has 0 spiro atoms. The molecule has 11 nitrogen and oxygen atoms in total. The van der Waals surface area contributed by atoms with Gasteiger partial charge in [-0.05, 0) is 71.7 Å². The van der Waals surface area contributed by atoms with Crippen LogP contribution in [0, 0.1) is 23.3 Å². The number of hydrogen-bond acceptors (Lipinski definition) is 8. The third kappa shape index (κ3) is 9.48. The fraction of sp³-hybridized carbons (Fsp3) is 0.382. The first kappa shape index (κ1) is 40.8. The van der Waals surface area contributed by atoms with Crippen LogP contribution in [-0.4, -0.2) is 102 Å². The summed E-state index contributed by atoms with van der Waals surface area (Å²) in [5, 5.41) is 4.95. The largest absolute Gasteiger partial charge is 0.480 e. The Kier molecular flexibility index (Phi) is 12.4. The number of rotatable bonds is 16. The molecule has 3 aromatic heterocycles. The molecule has 0 aliphatic rings. The van der Waals surface area contributed by atoms with Crippen LogP contribution in [0.3, 0.4) is 0 Å². The lowest BCUT2D eigenvalue weighted by molar-refractivity contribution is 0.0835. The second-order valence-electron chi connectivity index (χ2n) is 13.7. The van der Waals surface area contributed by atoms with Crippen molar-refractivity contribution < 1.29 is 40.2 Å². The Labute approximate surface area is 317 Å². The highest BCUT2D eigenvalue weighted by molar-refractivity contribution is 9.10. The molecule has 0 saturated heterocycles. The highest BCUT2D eigenvalue weighted by Crippen LogP contribution is 2.40. The molecule has 0 saturated carbocycles. The molecule has 53 heavy (non-hydrogen) atoms. The Balaban J connectivity index is 1.59. The minimum absolute atomic E-state index is 0.121. The molecule has 5 rings (SSSR count). The maximum Gasteiger partial charge on any atom is 0.267 e. The van der Waals surface area contributed by atoms with Gasteiger partial charge in [0.25, 0.3) is 10.0 Å². The van der Waals surface area contributed by atoms with E-state index in [2.05, 4.69) is 68.5 Å². The van der Waals surface area contributed by atoms with Gasteiger partial charge in [0.1, 0.15) is 40.9 Å². The SMILES string of the molecule is COc1ncc(F)cc1S(=O)(=O)Nc1ccc(F)c(-c2ccc3c(-c4ncc(Br)n4COCCS(C)(C)C)nn(COCCS(C)(C)C)c3c2F)c1F. The summed E-state index contributed by atoms with van der Waals surface area (Å²) in [6, 6.07) is 4.90. The van der Waals surface area contributed by atoms with Gasteiger partial charge in [0, 0.05) is 28.5 Å². The first-order valence-electron chi connectivity index (χ1n) is 15.9. The van der Waals surface area contributed by atoms with Gasteiger partial charge in [-0.15, -0.1) is 0 Å². The third-order valence-corrected chi connectivity index (χ3v) is 12.6. The molecule has 19 heteroatoms. The van der Waals surface area contributed by atoms with Gasteiger partial charge in [-0.1, -0.05) is 6.07 Å². The quantitative estimate of drug-likeness (QED) is 0.0804. The molecule has 0 bridgehead atoms. The highest BCUT2D eigenvalue weighted by Gasteiger charge is 2.28. The van der Waals surface area contributed by atoms with Gasteiger partial charge in [0.2, 0.25) is 5.88 Å². The number of aromatic nitrogens is 5. The molecular formula is C34H41BrF4N6O5S3. The Hall–Kier alpha value is -3.36. The van der Waals surface area contributed by atoms with Gasteiger partial charge in [0.05, 0.1) is 44.0 Å². The zero-order valence-electron chi connectivity index (χ0n) is 30.2. The van der Waals surface area contributed by atoms with Crippen molar-refractivity contribution in [1.29, 1.82) is 0 Å². The van der Waals surface area contributed by atoms with E-state index >= 15 is 13.2 Å². The lowest BCUT2D eigenvalue weighted by Crippen LogP contribution is -2.16. The summed E-state index contributed by atoms with van der Waals surface area (Å²) in [6.07, 6.45) is 15.3. The smallest absolute Gasteiger partial charge is 0.267 e. The number of benzene rings is 2. The molecule has 1 N–H and O–H groups in total. The van der Waals surface area contributed by atoms with E-state index in [1.165, 1.54) is 16.8 Å². The lowest BCUT2D eigenvalue weighted by atomic mass is 10.0. The summed E-state index contributed by atoms with van der Waals surface area (Å²) in [5.41, 5.74) is -1.94.